The fourth-order valence-corrected chi connectivity index (χ4v) is 2.05. The average Bonchev–Trinajstić information content (AvgIpc) is 2.28. The Kier molecular flexibility index (Phi) is 4.63. The third-order valence-electron chi connectivity index (χ3n) is 2.05. The monoisotopic (exact) mass is 255 g/mol. The van der Waals surface area contributed by atoms with Crippen LogP contribution in [-0.2, 0) is 14.3 Å². The molecule has 0 aromatic heterocycles. The Hall–Kier alpha value is -1.42. The Balaban J connectivity index is 2.70. The van der Waals surface area contributed by atoms with E-state index in [1.54, 1.807) is 18.2 Å². The van der Waals surface area contributed by atoms with Gasteiger partial charge < -0.3 is 5.11 Å². The normalized spacial score (nSPS) is 13.0. The maximum Gasteiger partial charge on any atom is 0.297 e. The van der Waals surface area contributed by atoms with Crippen LogP contribution in [0.1, 0.15) is 12.0 Å². The first-order valence-electron chi connectivity index (χ1n) is 4.97. The summed E-state index contributed by atoms with van der Waals surface area (Å²) in [6, 6.07) is 7.90. The molecule has 0 aliphatic heterocycles. The highest BCUT2D eigenvalue weighted by molar-refractivity contribution is 7.86. The summed E-state index contributed by atoms with van der Waals surface area (Å²) in [5.74, 6) is 0. The molecular formula is C11H13NO4S. The van der Waals surface area contributed by atoms with Gasteiger partial charge in [-0.25, -0.2) is 0 Å². The summed E-state index contributed by atoms with van der Waals surface area (Å²) in [4.78, 5) is 0.0345. The summed E-state index contributed by atoms with van der Waals surface area (Å²) in [6.45, 7) is 1.43. The summed E-state index contributed by atoms with van der Waals surface area (Å²) in [5, 5.41) is 17.5. The van der Waals surface area contributed by atoms with Crippen LogP contribution < -0.4 is 0 Å². The standard InChI is InChI=1S/C11H13NO4S/c1-9-2-4-11(5-3-9)17(14,15)16-8-10(13)6-7-12/h2-5,10,13H,6,8H2,1H3/t10-/m0/s1. The zero-order valence-corrected chi connectivity index (χ0v) is 10.1. The Morgan fingerprint density at radius 1 is 1.41 bits per heavy atom. The van der Waals surface area contributed by atoms with E-state index in [1.165, 1.54) is 12.1 Å². The number of aryl methyl sites for hydroxylation is 1. The summed E-state index contributed by atoms with van der Waals surface area (Å²) < 4.78 is 27.9. The second-order valence-electron chi connectivity index (χ2n) is 3.57. The molecule has 1 aromatic carbocycles. The molecule has 1 rings (SSSR count). The fourth-order valence-electron chi connectivity index (χ4n) is 1.11. The lowest BCUT2D eigenvalue weighted by molar-refractivity contribution is 0.114. The van der Waals surface area contributed by atoms with Crippen LogP contribution in [0.25, 0.3) is 0 Å². The van der Waals surface area contributed by atoms with Crippen LogP contribution in [0, 0.1) is 18.3 Å². The van der Waals surface area contributed by atoms with Gasteiger partial charge in [0.2, 0.25) is 0 Å². The van der Waals surface area contributed by atoms with Crippen molar-refractivity contribution in [1.82, 2.24) is 0 Å². The largest absolute Gasteiger partial charge is 0.390 e. The first-order valence-corrected chi connectivity index (χ1v) is 6.37. The van der Waals surface area contributed by atoms with E-state index in [2.05, 4.69) is 4.18 Å². The van der Waals surface area contributed by atoms with Crippen LogP contribution in [0.2, 0.25) is 0 Å². The van der Waals surface area contributed by atoms with Crippen molar-refractivity contribution < 1.29 is 17.7 Å². The van der Waals surface area contributed by atoms with Gasteiger partial charge in [-0.2, -0.15) is 13.7 Å². The molecule has 0 spiro atoms. The number of aliphatic hydroxyl groups excluding tert-OH is 1. The highest BCUT2D eigenvalue weighted by Crippen LogP contribution is 2.13. The van der Waals surface area contributed by atoms with E-state index in [0.29, 0.717) is 0 Å². The van der Waals surface area contributed by atoms with Crippen molar-refractivity contribution >= 4 is 10.1 Å². The molecule has 0 heterocycles. The number of nitriles is 1. The lowest BCUT2D eigenvalue weighted by Gasteiger charge is -2.08. The molecule has 0 aliphatic carbocycles. The van der Waals surface area contributed by atoms with Crippen molar-refractivity contribution in [2.24, 2.45) is 0 Å². The highest BCUT2D eigenvalue weighted by atomic mass is 32.2. The third-order valence-corrected chi connectivity index (χ3v) is 3.35. The lowest BCUT2D eigenvalue weighted by atomic mass is 10.2. The van der Waals surface area contributed by atoms with Gasteiger partial charge in [0, 0.05) is 0 Å². The van der Waals surface area contributed by atoms with Gasteiger partial charge >= 0.3 is 0 Å². The summed E-state index contributed by atoms with van der Waals surface area (Å²) in [6.07, 6.45) is -1.26. The molecule has 1 aromatic rings. The quantitative estimate of drug-likeness (QED) is 0.792. The molecule has 0 aliphatic rings. The topological polar surface area (TPSA) is 87.4 Å². The zero-order chi connectivity index (χ0) is 12.9. The zero-order valence-electron chi connectivity index (χ0n) is 9.33. The second-order valence-corrected chi connectivity index (χ2v) is 5.18. The third kappa shape index (κ3) is 4.15. The molecule has 0 bridgehead atoms. The van der Waals surface area contributed by atoms with E-state index >= 15 is 0 Å². The number of aliphatic hydroxyl groups is 1. The summed E-state index contributed by atoms with van der Waals surface area (Å²) in [5.41, 5.74) is 0.938. The minimum Gasteiger partial charge on any atom is -0.390 e. The Morgan fingerprint density at radius 3 is 2.53 bits per heavy atom. The van der Waals surface area contributed by atoms with E-state index in [9.17, 15) is 13.5 Å². The molecule has 92 valence electrons. The van der Waals surface area contributed by atoms with Crippen LogP contribution in [-0.4, -0.2) is 26.2 Å². The molecule has 1 atom stereocenters. The molecule has 0 unspecified atom stereocenters. The van der Waals surface area contributed by atoms with Crippen molar-refractivity contribution in [3.8, 4) is 6.07 Å². The van der Waals surface area contributed by atoms with E-state index in [-0.39, 0.29) is 11.3 Å². The number of benzene rings is 1. The number of hydrogen-bond donors (Lipinski definition) is 1. The van der Waals surface area contributed by atoms with Crippen molar-refractivity contribution in [1.29, 1.82) is 5.26 Å². The minimum atomic E-state index is -3.86. The summed E-state index contributed by atoms with van der Waals surface area (Å²) >= 11 is 0. The molecule has 0 saturated carbocycles. The van der Waals surface area contributed by atoms with Crippen molar-refractivity contribution in [3.05, 3.63) is 29.8 Å². The Bertz CT molecular complexity index is 501. The van der Waals surface area contributed by atoms with E-state index < -0.39 is 22.8 Å². The lowest BCUT2D eigenvalue weighted by Crippen LogP contribution is -2.18. The minimum absolute atomic E-state index is 0.0345. The van der Waals surface area contributed by atoms with E-state index in [1.807, 2.05) is 6.92 Å². The summed E-state index contributed by atoms with van der Waals surface area (Å²) in [7, 11) is -3.86. The van der Waals surface area contributed by atoms with Crippen LogP contribution in [0.4, 0.5) is 0 Å². The molecule has 0 radical (unpaired) electrons. The maximum atomic E-state index is 11.6. The predicted molar refractivity (Wildman–Crippen MR) is 60.6 cm³/mol. The van der Waals surface area contributed by atoms with Crippen LogP contribution in [0.15, 0.2) is 29.2 Å². The molecule has 0 fully saturated rings. The number of nitrogens with zero attached hydrogens (tertiary/aromatic N) is 1. The van der Waals surface area contributed by atoms with Crippen molar-refractivity contribution in [3.63, 3.8) is 0 Å². The SMILES string of the molecule is Cc1ccc(S(=O)(=O)OC[C@@H](O)CC#N)cc1. The number of rotatable bonds is 5. The van der Waals surface area contributed by atoms with Crippen molar-refractivity contribution in [2.75, 3.05) is 6.61 Å². The number of hydrogen-bond acceptors (Lipinski definition) is 5. The van der Waals surface area contributed by atoms with E-state index in [0.717, 1.165) is 5.56 Å². The smallest absolute Gasteiger partial charge is 0.297 e. The van der Waals surface area contributed by atoms with Gasteiger partial charge in [-0.15, -0.1) is 0 Å². The maximum absolute atomic E-state index is 11.6. The molecule has 0 saturated heterocycles. The van der Waals surface area contributed by atoms with Crippen molar-refractivity contribution in [2.45, 2.75) is 24.3 Å². The van der Waals surface area contributed by atoms with Gasteiger partial charge in [-0.1, -0.05) is 17.7 Å². The molecule has 5 nitrogen and oxygen atoms in total. The van der Waals surface area contributed by atoms with Gasteiger partial charge in [-0.05, 0) is 19.1 Å². The first kappa shape index (κ1) is 13.6. The van der Waals surface area contributed by atoms with Gasteiger partial charge in [-0.3, -0.25) is 4.18 Å². The van der Waals surface area contributed by atoms with Crippen LogP contribution >= 0.6 is 0 Å². The molecule has 0 amide bonds. The predicted octanol–water partition coefficient (Wildman–Crippen LogP) is 0.975. The molecule has 6 heteroatoms. The molecular weight excluding hydrogens is 242 g/mol. The molecule has 1 N–H and O–H groups in total. The first-order chi connectivity index (χ1) is 7.95. The van der Waals surface area contributed by atoms with Crippen LogP contribution in [0.5, 0.6) is 0 Å². The van der Waals surface area contributed by atoms with Crippen LogP contribution in [0.3, 0.4) is 0 Å². The fraction of sp³-hybridized carbons (Fsp3) is 0.364. The van der Waals surface area contributed by atoms with Gasteiger partial charge in [0.15, 0.2) is 0 Å². The van der Waals surface area contributed by atoms with Gasteiger partial charge in [0.05, 0.1) is 30.1 Å². The second kappa shape index (κ2) is 5.77. The van der Waals surface area contributed by atoms with Gasteiger partial charge in [0.1, 0.15) is 0 Å². The average molecular weight is 255 g/mol. The van der Waals surface area contributed by atoms with E-state index in [4.69, 9.17) is 5.26 Å². The molecule has 17 heavy (non-hydrogen) atoms. The Labute approximate surface area is 100 Å². The van der Waals surface area contributed by atoms with Gasteiger partial charge in [0.25, 0.3) is 10.1 Å². The highest BCUT2D eigenvalue weighted by Gasteiger charge is 2.16. The Morgan fingerprint density at radius 2 is 2.00 bits per heavy atom.